The molecule has 7 nitrogen and oxygen atoms in total. The minimum Gasteiger partial charge on any atom is -0.488 e. The fraction of sp³-hybridized carbons (Fsp3) is 0.346. The molecule has 2 aliphatic heterocycles. The molecular formula is C26H28Cl2N6O. The molecule has 3 heterocycles. The molecule has 0 saturated carbocycles. The van der Waals surface area contributed by atoms with E-state index in [1.807, 2.05) is 36.4 Å². The first kappa shape index (κ1) is 23.7. The van der Waals surface area contributed by atoms with Crippen LogP contribution in [0.3, 0.4) is 0 Å². The van der Waals surface area contributed by atoms with Crippen molar-refractivity contribution in [1.29, 1.82) is 0 Å². The molecular weight excluding hydrogens is 483 g/mol. The number of hydrogen-bond acceptors (Lipinski definition) is 7. The molecule has 0 atom stereocenters. The van der Waals surface area contributed by atoms with E-state index in [0.29, 0.717) is 28.2 Å². The Labute approximate surface area is 215 Å². The summed E-state index contributed by atoms with van der Waals surface area (Å²) in [5.74, 6) is 3.13. The van der Waals surface area contributed by atoms with Gasteiger partial charge in [-0.2, -0.15) is 15.1 Å². The van der Waals surface area contributed by atoms with Gasteiger partial charge in [-0.3, -0.25) is 5.43 Å². The summed E-state index contributed by atoms with van der Waals surface area (Å²) >= 11 is 12.3. The van der Waals surface area contributed by atoms with Crippen LogP contribution in [0.2, 0.25) is 10.0 Å². The SMILES string of the molecule is Clc1ccc(COc2ccccc2C=NNc2cc(N3CCCC3)nc(N3CCCC3)n2)c(Cl)c1. The van der Waals surface area contributed by atoms with Crippen molar-refractivity contribution in [2.45, 2.75) is 32.3 Å². The molecule has 2 aliphatic rings. The third kappa shape index (κ3) is 5.97. The monoisotopic (exact) mass is 510 g/mol. The molecule has 35 heavy (non-hydrogen) atoms. The number of nitrogens with zero attached hydrogens (tertiary/aromatic N) is 5. The minimum absolute atomic E-state index is 0.332. The second-order valence-corrected chi connectivity index (χ2v) is 9.58. The van der Waals surface area contributed by atoms with E-state index in [-0.39, 0.29) is 0 Å². The number of para-hydroxylation sites is 1. The second-order valence-electron chi connectivity index (χ2n) is 8.73. The quantitative estimate of drug-likeness (QED) is 0.295. The van der Waals surface area contributed by atoms with Crippen LogP contribution in [0.5, 0.6) is 5.75 Å². The molecule has 5 rings (SSSR count). The predicted octanol–water partition coefficient (Wildman–Crippen LogP) is 6.01. The lowest BCUT2D eigenvalue weighted by Crippen LogP contribution is -2.24. The first-order valence-corrected chi connectivity index (χ1v) is 12.8. The van der Waals surface area contributed by atoms with Gasteiger partial charge in [0, 0.05) is 53.4 Å². The van der Waals surface area contributed by atoms with Gasteiger partial charge in [0.2, 0.25) is 5.95 Å². The topological polar surface area (TPSA) is 65.9 Å². The lowest BCUT2D eigenvalue weighted by atomic mass is 10.2. The Morgan fingerprint density at radius 3 is 2.43 bits per heavy atom. The maximum atomic E-state index is 6.29. The average Bonchev–Trinajstić information content (AvgIpc) is 3.59. The average molecular weight is 511 g/mol. The first-order valence-electron chi connectivity index (χ1n) is 12.0. The highest BCUT2D eigenvalue weighted by atomic mass is 35.5. The number of hydrazone groups is 1. The molecule has 0 amide bonds. The minimum atomic E-state index is 0.332. The highest BCUT2D eigenvalue weighted by Crippen LogP contribution is 2.26. The smallest absolute Gasteiger partial charge is 0.229 e. The lowest BCUT2D eigenvalue weighted by Gasteiger charge is -2.21. The van der Waals surface area contributed by atoms with Crippen molar-refractivity contribution >= 4 is 47.0 Å². The van der Waals surface area contributed by atoms with Gasteiger partial charge in [0.1, 0.15) is 18.2 Å². The van der Waals surface area contributed by atoms with Crippen molar-refractivity contribution in [3.63, 3.8) is 0 Å². The molecule has 0 spiro atoms. The van der Waals surface area contributed by atoms with E-state index in [1.165, 1.54) is 25.7 Å². The van der Waals surface area contributed by atoms with Gasteiger partial charge in [-0.15, -0.1) is 0 Å². The molecule has 182 valence electrons. The summed E-state index contributed by atoms with van der Waals surface area (Å²) in [4.78, 5) is 14.2. The fourth-order valence-electron chi connectivity index (χ4n) is 4.33. The number of halogens is 2. The molecule has 2 aromatic carbocycles. The number of aromatic nitrogens is 2. The third-order valence-electron chi connectivity index (χ3n) is 6.22. The Kier molecular flexibility index (Phi) is 7.54. The zero-order valence-corrected chi connectivity index (χ0v) is 21.0. The first-order chi connectivity index (χ1) is 17.2. The van der Waals surface area contributed by atoms with Crippen LogP contribution >= 0.6 is 23.2 Å². The van der Waals surface area contributed by atoms with Crippen molar-refractivity contribution in [3.8, 4) is 5.75 Å². The molecule has 0 unspecified atom stereocenters. The molecule has 2 saturated heterocycles. The van der Waals surface area contributed by atoms with Crippen molar-refractivity contribution in [1.82, 2.24) is 9.97 Å². The third-order valence-corrected chi connectivity index (χ3v) is 6.81. The van der Waals surface area contributed by atoms with Crippen molar-refractivity contribution in [2.24, 2.45) is 5.10 Å². The summed E-state index contributed by atoms with van der Waals surface area (Å²) in [5.41, 5.74) is 4.82. The molecule has 9 heteroatoms. The van der Waals surface area contributed by atoms with Gasteiger partial charge in [0.05, 0.1) is 6.21 Å². The maximum absolute atomic E-state index is 6.29. The Hall–Kier alpha value is -3.03. The van der Waals surface area contributed by atoms with Crippen LogP contribution in [-0.4, -0.2) is 42.4 Å². The number of rotatable bonds is 8. The Balaban J connectivity index is 1.30. The van der Waals surface area contributed by atoms with Gasteiger partial charge in [-0.05, 0) is 49.9 Å². The standard InChI is InChI=1S/C26H28Cl2N6O/c27-21-10-9-20(22(28)15-21)18-35-23-8-2-1-7-19(23)17-29-32-24-16-25(33-11-3-4-12-33)31-26(30-24)34-13-5-6-14-34/h1-2,7-10,15-17H,3-6,11-14,18H2,(H,30,31,32). The van der Waals surface area contributed by atoms with Crippen molar-refractivity contribution in [3.05, 3.63) is 69.7 Å². The lowest BCUT2D eigenvalue weighted by molar-refractivity contribution is 0.306. The zero-order chi connectivity index (χ0) is 24.0. The van der Waals surface area contributed by atoms with E-state index in [4.69, 9.17) is 37.9 Å². The van der Waals surface area contributed by atoms with Crippen LogP contribution in [0, 0.1) is 0 Å². The maximum Gasteiger partial charge on any atom is 0.229 e. The van der Waals surface area contributed by atoms with Gasteiger partial charge in [0.25, 0.3) is 0 Å². The molecule has 3 aromatic rings. The summed E-state index contributed by atoms with van der Waals surface area (Å²) in [6.45, 7) is 4.38. The Morgan fingerprint density at radius 2 is 1.66 bits per heavy atom. The molecule has 2 fully saturated rings. The van der Waals surface area contributed by atoms with Gasteiger partial charge in [-0.25, -0.2) is 0 Å². The summed E-state index contributed by atoms with van der Waals surface area (Å²) in [7, 11) is 0. The van der Waals surface area contributed by atoms with E-state index in [0.717, 1.165) is 49.1 Å². The number of benzene rings is 2. The fourth-order valence-corrected chi connectivity index (χ4v) is 4.79. The molecule has 0 bridgehead atoms. The Bertz CT molecular complexity index is 1160. The highest BCUT2D eigenvalue weighted by molar-refractivity contribution is 6.35. The van der Waals surface area contributed by atoms with Crippen LogP contribution in [0.4, 0.5) is 17.6 Å². The van der Waals surface area contributed by atoms with E-state index in [9.17, 15) is 0 Å². The van der Waals surface area contributed by atoms with E-state index < -0.39 is 0 Å². The number of anilines is 3. The van der Waals surface area contributed by atoms with Gasteiger partial charge >= 0.3 is 0 Å². The number of ether oxygens (including phenoxy) is 1. The summed E-state index contributed by atoms with van der Waals surface area (Å²) in [6, 6.07) is 15.1. The summed E-state index contributed by atoms with van der Waals surface area (Å²) in [6.07, 6.45) is 6.49. The van der Waals surface area contributed by atoms with Crippen LogP contribution < -0.4 is 20.0 Å². The van der Waals surface area contributed by atoms with Gasteiger partial charge in [0.15, 0.2) is 5.82 Å². The van der Waals surface area contributed by atoms with Crippen LogP contribution in [0.15, 0.2) is 53.6 Å². The van der Waals surface area contributed by atoms with Crippen molar-refractivity contribution < 1.29 is 4.74 Å². The summed E-state index contributed by atoms with van der Waals surface area (Å²) < 4.78 is 6.03. The zero-order valence-electron chi connectivity index (χ0n) is 19.5. The van der Waals surface area contributed by atoms with Crippen LogP contribution in [-0.2, 0) is 6.61 Å². The number of nitrogens with one attached hydrogen (secondary N) is 1. The normalized spacial score (nSPS) is 15.8. The van der Waals surface area contributed by atoms with Crippen molar-refractivity contribution in [2.75, 3.05) is 41.4 Å². The van der Waals surface area contributed by atoms with E-state index in [1.54, 1.807) is 18.3 Å². The Morgan fingerprint density at radius 1 is 0.914 bits per heavy atom. The molecule has 1 aromatic heterocycles. The highest BCUT2D eigenvalue weighted by Gasteiger charge is 2.20. The molecule has 0 radical (unpaired) electrons. The number of hydrogen-bond donors (Lipinski definition) is 1. The predicted molar refractivity (Wildman–Crippen MR) is 143 cm³/mol. The second kappa shape index (κ2) is 11.1. The van der Waals surface area contributed by atoms with E-state index >= 15 is 0 Å². The molecule has 0 aliphatic carbocycles. The summed E-state index contributed by atoms with van der Waals surface area (Å²) in [5, 5.41) is 5.65. The van der Waals surface area contributed by atoms with Gasteiger partial charge in [-0.1, -0.05) is 41.4 Å². The largest absolute Gasteiger partial charge is 0.488 e. The molecule has 1 N–H and O–H groups in total. The van der Waals surface area contributed by atoms with Crippen LogP contribution in [0.1, 0.15) is 36.8 Å². The van der Waals surface area contributed by atoms with Crippen LogP contribution in [0.25, 0.3) is 0 Å². The van der Waals surface area contributed by atoms with E-state index in [2.05, 4.69) is 20.3 Å². The van der Waals surface area contributed by atoms with Gasteiger partial charge < -0.3 is 14.5 Å².